The summed E-state index contributed by atoms with van der Waals surface area (Å²) in [6, 6.07) is 19.9. The van der Waals surface area contributed by atoms with Gasteiger partial charge < -0.3 is 14.2 Å². The maximum absolute atomic E-state index is 14.6. The second kappa shape index (κ2) is 11.0. The van der Waals surface area contributed by atoms with Gasteiger partial charge in [0.1, 0.15) is 11.5 Å². The predicted octanol–water partition coefficient (Wildman–Crippen LogP) is 10.7. The topological polar surface area (TPSA) is 52.4 Å². The fourth-order valence-electron chi connectivity index (χ4n) is 5.47. The van der Waals surface area contributed by atoms with Gasteiger partial charge in [0.15, 0.2) is 5.90 Å². The summed E-state index contributed by atoms with van der Waals surface area (Å²) in [5, 5.41) is 0. The van der Waals surface area contributed by atoms with Crippen molar-refractivity contribution in [1.82, 2.24) is 0 Å². The van der Waals surface area contributed by atoms with Crippen LogP contribution >= 0.6 is 0 Å². The van der Waals surface area contributed by atoms with E-state index in [0.29, 0.717) is 6.07 Å². The van der Waals surface area contributed by atoms with E-state index in [4.69, 9.17) is 9.47 Å². The summed E-state index contributed by atoms with van der Waals surface area (Å²) in [4.78, 5) is 7.94. The minimum atomic E-state index is -5.97. The molecule has 2 aliphatic heterocycles. The summed E-state index contributed by atoms with van der Waals surface area (Å²) in [6.07, 6.45) is -16.9. The lowest BCUT2D eigenvalue weighted by Gasteiger charge is -2.40. The first-order valence-electron chi connectivity index (χ1n) is 14.2. The molecule has 0 saturated heterocycles. The highest BCUT2D eigenvalue weighted by molar-refractivity contribution is 5.98. The van der Waals surface area contributed by atoms with Crippen molar-refractivity contribution in [3.63, 3.8) is 0 Å². The van der Waals surface area contributed by atoms with E-state index in [1.165, 1.54) is 12.1 Å². The summed E-state index contributed by atoms with van der Waals surface area (Å²) < 4.78 is 144. The molecule has 2 heterocycles. The lowest BCUT2D eigenvalue weighted by Crippen LogP contribution is -2.57. The molecule has 14 heteroatoms. The van der Waals surface area contributed by atoms with E-state index >= 15 is 0 Å². The van der Waals surface area contributed by atoms with Crippen LogP contribution in [0.1, 0.15) is 36.1 Å². The van der Waals surface area contributed by atoms with Crippen LogP contribution in [0.4, 0.5) is 50.9 Å². The first kappa shape index (κ1) is 32.9. The number of benzene rings is 4. The van der Waals surface area contributed by atoms with E-state index in [0.717, 1.165) is 48.7 Å². The highest BCUT2D eigenvalue weighted by Crippen LogP contribution is 2.57. The van der Waals surface area contributed by atoms with Gasteiger partial charge in [-0.05, 0) is 73.5 Å². The van der Waals surface area contributed by atoms with Crippen molar-refractivity contribution < 1.29 is 53.7 Å². The van der Waals surface area contributed by atoms with Crippen molar-refractivity contribution in [1.29, 1.82) is 0 Å². The maximum atomic E-state index is 14.6. The van der Waals surface area contributed by atoms with E-state index in [1.807, 2.05) is 31.2 Å². The molecule has 48 heavy (non-hydrogen) atoms. The van der Waals surface area contributed by atoms with Crippen LogP contribution < -0.4 is 4.74 Å². The van der Waals surface area contributed by atoms with Crippen LogP contribution in [0, 0.1) is 6.92 Å². The normalized spacial score (nSPS) is 18.8. The van der Waals surface area contributed by atoms with Crippen molar-refractivity contribution in [2.45, 2.75) is 50.5 Å². The van der Waals surface area contributed by atoms with Gasteiger partial charge in [0, 0.05) is 23.6 Å². The lowest BCUT2D eigenvalue weighted by atomic mass is 9.89. The molecule has 0 spiro atoms. The molecule has 0 aliphatic carbocycles. The molecule has 250 valence electrons. The molecule has 1 atom stereocenters. The fraction of sp³-hybridized carbons (Fsp3) is 0.235. The molecule has 5 nitrogen and oxygen atoms in total. The third-order valence-electron chi connectivity index (χ3n) is 8.02. The van der Waals surface area contributed by atoms with Crippen LogP contribution in [0.25, 0.3) is 11.1 Å². The van der Waals surface area contributed by atoms with Crippen LogP contribution in [-0.4, -0.2) is 30.3 Å². The van der Waals surface area contributed by atoms with Gasteiger partial charge in [-0.15, -0.1) is 0 Å². The van der Waals surface area contributed by atoms with Gasteiger partial charge in [0.05, 0.1) is 11.4 Å². The minimum absolute atomic E-state index is 0.136. The summed E-state index contributed by atoms with van der Waals surface area (Å²) in [7, 11) is 0. The molecule has 0 radical (unpaired) electrons. The smallest absolute Gasteiger partial charge is 0.442 e. The fourth-order valence-corrected chi connectivity index (χ4v) is 5.47. The number of halogens is 9. The molecule has 1 unspecified atom stereocenters. The first-order valence-corrected chi connectivity index (χ1v) is 14.2. The molecule has 4 aromatic carbocycles. The Hall–Kier alpha value is -5.01. The summed E-state index contributed by atoms with van der Waals surface area (Å²) in [5.41, 5.74) is -7.38. The zero-order valence-electron chi connectivity index (χ0n) is 25.1. The van der Waals surface area contributed by atoms with E-state index in [-0.39, 0.29) is 22.9 Å². The summed E-state index contributed by atoms with van der Waals surface area (Å²) >= 11 is 0. The number of ether oxygens (including phenoxy) is 3. The van der Waals surface area contributed by atoms with Gasteiger partial charge in [-0.3, -0.25) is 0 Å². The third-order valence-corrected chi connectivity index (χ3v) is 8.02. The van der Waals surface area contributed by atoms with Gasteiger partial charge in [0.2, 0.25) is 11.5 Å². The van der Waals surface area contributed by atoms with Crippen LogP contribution in [0.15, 0.2) is 94.9 Å². The number of rotatable bonds is 4. The van der Waals surface area contributed by atoms with Crippen molar-refractivity contribution >= 4 is 23.2 Å². The quantitative estimate of drug-likeness (QED) is 0.202. The molecule has 4 aromatic rings. The Morgan fingerprint density at radius 2 is 1.04 bits per heavy atom. The highest BCUT2D eigenvalue weighted by Gasteiger charge is 2.76. The Morgan fingerprint density at radius 3 is 1.56 bits per heavy atom. The molecule has 0 aromatic heterocycles. The van der Waals surface area contributed by atoms with Gasteiger partial charge >= 0.3 is 24.1 Å². The molecule has 2 aliphatic rings. The molecule has 0 fully saturated rings. The number of hydrogen-bond donors (Lipinski definition) is 0. The molecule has 0 saturated carbocycles. The highest BCUT2D eigenvalue weighted by atomic mass is 19.4. The number of aliphatic imine (C=N–C) groups is 2. The zero-order chi connectivity index (χ0) is 34.9. The van der Waals surface area contributed by atoms with E-state index in [1.54, 1.807) is 24.3 Å². The Labute approximate surface area is 267 Å². The van der Waals surface area contributed by atoms with Gasteiger partial charge in [-0.1, -0.05) is 42.0 Å². The van der Waals surface area contributed by atoms with Crippen LogP contribution in [0.3, 0.4) is 0 Å². The Morgan fingerprint density at radius 1 is 0.562 bits per heavy atom. The number of nitrogens with zero attached hydrogens (tertiary/aromatic N) is 2. The summed E-state index contributed by atoms with van der Waals surface area (Å²) in [5.74, 6) is -2.06. The lowest BCUT2D eigenvalue weighted by molar-refractivity contribution is -0.370. The number of alkyl halides is 9. The van der Waals surface area contributed by atoms with E-state index in [9.17, 15) is 39.5 Å². The van der Waals surface area contributed by atoms with Gasteiger partial charge in [-0.2, -0.15) is 39.5 Å². The largest absolute Gasteiger partial charge is 0.457 e. The molecule has 0 N–H and O–H groups in total. The predicted molar refractivity (Wildman–Crippen MR) is 158 cm³/mol. The van der Waals surface area contributed by atoms with Crippen LogP contribution in [0.2, 0.25) is 0 Å². The zero-order valence-corrected chi connectivity index (χ0v) is 25.1. The van der Waals surface area contributed by atoms with Gasteiger partial charge in [0.25, 0.3) is 0 Å². The molecular weight excluding hydrogens is 655 g/mol. The molecule has 6 rings (SSSR count). The van der Waals surface area contributed by atoms with Crippen LogP contribution in [-0.2, 0) is 20.7 Å². The Bertz CT molecular complexity index is 1930. The molecule has 0 bridgehead atoms. The van der Waals surface area contributed by atoms with E-state index < -0.39 is 58.2 Å². The summed E-state index contributed by atoms with van der Waals surface area (Å²) in [6.45, 7) is 3.57. The second-order valence-electron chi connectivity index (χ2n) is 11.4. The average molecular weight is 679 g/mol. The average Bonchev–Trinajstić information content (AvgIpc) is 3.00. The van der Waals surface area contributed by atoms with Crippen molar-refractivity contribution in [3.8, 4) is 22.6 Å². The molecular formula is C34H23F9N2O3. The van der Waals surface area contributed by atoms with Crippen molar-refractivity contribution in [3.05, 3.63) is 107 Å². The SMILES string of the molecule is CC1=Nc2ccc(Oc3ccc4c(c3)C(C)(C(F)(F)F)OC(c3ccc(-c5ccc(C)cc5)cc3)=N4)cc2C(C(F)(F)F)(C(F)(F)F)O1. The first-order chi connectivity index (χ1) is 22.3. The van der Waals surface area contributed by atoms with Crippen molar-refractivity contribution in [2.24, 2.45) is 9.98 Å². The Balaban J connectivity index is 1.37. The van der Waals surface area contributed by atoms with Crippen LogP contribution in [0.5, 0.6) is 11.5 Å². The standard InChI is InChI=1S/C34H23F9N2O3/c1-18-4-6-20(7-5-18)21-8-10-22(11-9-21)29-45-27-14-12-23(16-25(27)30(3,48-29)32(35,36)37)46-24-13-15-28-26(17-24)31(33(38,39)40,34(41,42)43)47-19(2)44-28/h4-17H,1-3H3. The monoisotopic (exact) mass is 678 g/mol. The van der Waals surface area contributed by atoms with Crippen molar-refractivity contribution in [2.75, 3.05) is 0 Å². The third kappa shape index (κ3) is 5.42. The van der Waals surface area contributed by atoms with E-state index in [2.05, 4.69) is 14.7 Å². The Kier molecular flexibility index (Phi) is 7.56. The molecule has 0 amide bonds. The van der Waals surface area contributed by atoms with Gasteiger partial charge in [-0.25, -0.2) is 9.98 Å². The minimum Gasteiger partial charge on any atom is -0.457 e. The maximum Gasteiger partial charge on any atom is 0.442 e. The number of hydrogen-bond acceptors (Lipinski definition) is 5. The number of fused-ring (bicyclic) bond motifs is 2. The number of aryl methyl sites for hydroxylation is 1. The second-order valence-corrected chi connectivity index (χ2v) is 11.4.